The first-order chi connectivity index (χ1) is 11.6. The van der Waals surface area contributed by atoms with Gasteiger partial charge in [0.15, 0.2) is 5.82 Å². The van der Waals surface area contributed by atoms with Crippen LogP contribution in [0.5, 0.6) is 0 Å². The minimum atomic E-state index is -0.337. The van der Waals surface area contributed by atoms with Crippen LogP contribution in [0.3, 0.4) is 0 Å². The fourth-order valence-corrected chi connectivity index (χ4v) is 4.57. The largest absolute Gasteiger partial charge is 0.305 e. The van der Waals surface area contributed by atoms with Gasteiger partial charge in [-0.3, -0.25) is 4.79 Å². The summed E-state index contributed by atoms with van der Waals surface area (Å²) in [5, 5.41) is 0.986. The van der Waals surface area contributed by atoms with Gasteiger partial charge in [-0.15, -0.1) is 11.3 Å². The fraction of sp³-hybridized carbons (Fsp3) is 0.222. The second kappa shape index (κ2) is 6.15. The predicted octanol–water partition coefficient (Wildman–Crippen LogP) is 4.74. The van der Waals surface area contributed by atoms with Crippen molar-refractivity contribution in [3.8, 4) is 0 Å². The topological polar surface area (TPSA) is 45.8 Å². The summed E-state index contributed by atoms with van der Waals surface area (Å²) >= 11 is 7.88. The van der Waals surface area contributed by atoms with Gasteiger partial charge in [0.2, 0.25) is 0 Å². The van der Waals surface area contributed by atoms with E-state index in [0.717, 1.165) is 36.1 Å². The Morgan fingerprint density at radius 2 is 2.17 bits per heavy atom. The van der Waals surface area contributed by atoms with E-state index < -0.39 is 0 Å². The Balaban J connectivity index is 1.81. The van der Waals surface area contributed by atoms with Crippen LogP contribution in [-0.4, -0.2) is 9.97 Å². The van der Waals surface area contributed by atoms with E-state index >= 15 is 0 Å². The summed E-state index contributed by atoms with van der Waals surface area (Å²) in [7, 11) is 0. The highest BCUT2D eigenvalue weighted by atomic mass is 35.5. The Morgan fingerprint density at radius 1 is 1.33 bits per heavy atom. The van der Waals surface area contributed by atoms with E-state index in [2.05, 4.69) is 9.97 Å². The first-order valence-electron chi connectivity index (χ1n) is 7.79. The molecule has 0 atom stereocenters. The van der Waals surface area contributed by atoms with Crippen LogP contribution in [0.25, 0.3) is 21.3 Å². The number of thiophene rings is 1. The van der Waals surface area contributed by atoms with Crippen LogP contribution in [-0.2, 0) is 12.8 Å². The molecule has 0 bridgehead atoms. The second-order valence-corrected chi connectivity index (χ2v) is 7.34. The molecule has 0 saturated heterocycles. The minimum Gasteiger partial charge on any atom is -0.305 e. The number of rotatable bonds is 2. The molecule has 1 aromatic carbocycles. The maximum Gasteiger partial charge on any atom is 0.260 e. The number of benzene rings is 1. The van der Waals surface area contributed by atoms with Gasteiger partial charge in [-0.1, -0.05) is 23.7 Å². The van der Waals surface area contributed by atoms with Gasteiger partial charge in [0.1, 0.15) is 10.6 Å². The number of nitrogens with one attached hydrogen (secondary N) is 1. The highest BCUT2D eigenvalue weighted by molar-refractivity contribution is 7.18. The lowest BCUT2D eigenvalue weighted by Crippen LogP contribution is -2.12. The van der Waals surface area contributed by atoms with E-state index in [9.17, 15) is 9.18 Å². The van der Waals surface area contributed by atoms with Crippen LogP contribution in [0.15, 0.2) is 29.1 Å². The Kier molecular flexibility index (Phi) is 3.98. The van der Waals surface area contributed by atoms with Crippen molar-refractivity contribution < 1.29 is 4.39 Å². The average Bonchev–Trinajstić information content (AvgIpc) is 2.93. The first kappa shape index (κ1) is 15.5. The highest BCUT2D eigenvalue weighted by Gasteiger charge is 2.20. The summed E-state index contributed by atoms with van der Waals surface area (Å²) in [4.78, 5) is 21.8. The molecule has 3 nitrogen and oxygen atoms in total. The highest BCUT2D eigenvalue weighted by Crippen LogP contribution is 2.34. The van der Waals surface area contributed by atoms with Crippen molar-refractivity contribution in [2.45, 2.75) is 25.7 Å². The Hall–Kier alpha value is -1.98. The molecule has 0 amide bonds. The van der Waals surface area contributed by atoms with Crippen molar-refractivity contribution in [2.75, 3.05) is 0 Å². The molecule has 2 aromatic heterocycles. The normalized spacial score (nSPS) is 14.8. The summed E-state index contributed by atoms with van der Waals surface area (Å²) < 4.78 is 13.3. The molecule has 1 aliphatic carbocycles. The number of fused-ring (bicyclic) bond motifs is 3. The lowest BCUT2D eigenvalue weighted by atomic mass is 9.97. The second-order valence-electron chi connectivity index (χ2n) is 5.85. The van der Waals surface area contributed by atoms with Gasteiger partial charge in [-0.2, -0.15) is 0 Å². The van der Waals surface area contributed by atoms with Crippen LogP contribution in [0.4, 0.5) is 4.39 Å². The monoisotopic (exact) mass is 360 g/mol. The minimum absolute atomic E-state index is 0.153. The van der Waals surface area contributed by atoms with Crippen LogP contribution in [0.2, 0.25) is 0 Å². The molecule has 0 fully saturated rings. The number of H-pyrrole nitrogens is 1. The molecule has 122 valence electrons. The van der Waals surface area contributed by atoms with Crippen molar-refractivity contribution in [2.24, 2.45) is 0 Å². The smallest absolute Gasteiger partial charge is 0.260 e. The zero-order valence-electron chi connectivity index (χ0n) is 12.7. The van der Waals surface area contributed by atoms with Crippen molar-refractivity contribution in [3.63, 3.8) is 0 Å². The molecule has 4 rings (SSSR count). The number of aryl methyl sites for hydroxylation is 2. The molecule has 24 heavy (non-hydrogen) atoms. The Bertz CT molecular complexity index is 1020. The van der Waals surface area contributed by atoms with E-state index in [1.807, 2.05) is 0 Å². The van der Waals surface area contributed by atoms with Crippen LogP contribution >= 0.6 is 22.9 Å². The van der Waals surface area contributed by atoms with E-state index in [-0.39, 0.29) is 16.4 Å². The number of nitrogens with zero attached hydrogens (tertiary/aromatic N) is 1. The fourth-order valence-electron chi connectivity index (χ4n) is 3.09. The zero-order chi connectivity index (χ0) is 16.7. The summed E-state index contributed by atoms with van der Waals surface area (Å²) in [5.41, 5.74) is 1.61. The van der Waals surface area contributed by atoms with E-state index in [0.29, 0.717) is 16.8 Å². The third kappa shape index (κ3) is 2.78. The Morgan fingerprint density at radius 3 is 3.00 bits per heavy atom. The van der Waals surface area contributed by atoms with Crippen LogP contribution < -0.4 is 5.56 Å². The molecular formula is C18H14ClFN2OS. The molecule has 3 aromatic rings. The molecule has 0 radical (unpaired) electrons. The third-order valence-corrected chi connectivity index (χ3v) is 5.67. The van der Waals surface area contributed by atoms with Gasteiger partial charge in [-0.25, -0.2) is 9.37 Å². The SMILES string of the molecule is O=c1[nH]c(/C(Cl)=C/c2cccc(F)c2)nc2sc3c(c12)CCCC3. The average molecular weight is 361 g/mol. The van der Waals surface area contributed by atoms with Crippen molar-refractivity contribution in [1.29, 1.82) is 0 Å². The van der Waals surface area contributed by atoms with Gasteiger partial charge in [0, 0.05) is 4.88 Å². The van der Waals surface area contributed by atoms with Crippen LogP contribution in [0, 0.1) is 5.82 Å². The van der Waals surface area contributed by atoms with Crippen LogP contribution in [0.1, 0.15) is 34.7 Å². The summed E-state index contributed by atoms with van der Waals surface area (Å²) in [5.74, 6) is -0.0203. The van der Waals surface area contributed by atoms with Gasteiger partial charge >= 0.3 is 0 Å². The number of aromatic amines is 1. The maximum atomic E-state index is 13.3. The molecule has 1 N–H and O–H groups in total. The van der Waals surface area contributed by atoms with Crippen molar-refractivity contribution >= 4 is 44.3 Å². The molecule has 2 heterocycles. The van der Waals surface area contributed by atoms with Gasteiger partial charge in [-0.05, 0) is 55.0 Å². The number of halogens is 2. The molecule has 6 heteroatoms. The maximum absolute atomic E-state index is 13.3. The van der Waals surface area contributed by atoms with Crippen molar-refractivity contribution in [3.05, 3.63) is 62.3 Å². The molecule has 0 spiro atoms. The van der Waals surface area contributed by atoms with Gasteiger partial charge in [0.05, 0.1) is 10.4 Å². The standard InChI is InChI=1S/C18H14ClFN2OS/c19-13(9-10-4-3-5-11(20)8-10)16-21-17(23)15-12-6-1-2-7-14(12)24-18(15)22-16/h3-5,8-9H,1-2,6-7H2,(H,21,22,23)/b13-9-. The summed E-state index contributed by atoms with van der Waals surface area (Å²) in [6.07, 6.45) is 5.82. The third-order valence-electron chi connectivity index (χ3n) is 4.19. The molecule has 1 aliphatic rings. The zero-order valence-corrected chi connectivity index (χ0v) is 14.3. The number of hydrogen-bond donors (Lipinski definition) is 1. The van der Waals surface area contributed by atoms with Gasteiger partial charge < -0.3 is 4.98 Å². The van der Waals surface area contributed by atoms with Gasteiger partial charge in [0.25, 0.3) is 5.56 Å². The predicted molar refractivity (Wildman–Crippen MR) is 97.0 cm³/mol. The lowest BCUT2D eigenvalue weighted by Gasteiger charge is -2.09. The molecular weight excluding hydrogens is 347 g/mol. The first-order valence-corrected chi connectivity index (χ1v) is 8.99. The van der Waals surface area contributed by atoms with E-state index in [4.69, 9.17) is 11.6 Å². The van der Waals surface area contributed by atoms with Crippen molar-refractivity contribution in [1.82, 2.24) is 9.97 Å². The van der Waals surface area contributed by atoms with E-state index in [1.165, 1.54) is 17.0 Å². The number of hydrogen-bond acceptors (Lipinski definition) is 3. The number of aromatic nitrogens is 2. The lowest BCUT2D eigenvalue weighted by molar-refractivity contribution is 0.627. The van der Waals surface area contributed by atoms with E-state index in [1.54, 1.807) is 29.5 Å². The molecule has 0 unspecified atom stereocenters. The summed E-state index contributed by atoms with van der Waals surface area (Å²) in [6.45, 7) is 0. The molecule has 0 aliphatic heterocycles. The Labute approximate surface area is 146 Å². The summed E-state index contributed by atoms with van der Waals surface area (Å²) in [6, 6.07) is 6.10. The molecule has 0 saturated carbocycles. The quantitative estimate of drug-likeness (QED) is 0.717.